The van der Waals surface area contributed by atoms with Crippen molar-refractivity contribution in [2.24, 2.45) is 0 Å². The second-order valence-corrected chi connectivity index (χ2v) is 9.17. The van der Waals surface area contributed by atoms with E-state index >= 15 is 0 Å². The Kier molecular flexibility index (Phi) is 6.12. The number of likely N-dealkylation sites (tertiary alicyclic amines) is 1. The molecule has 2 atom stereocenters. The molecule has 160 valence electrons. The zero-order chi connectivity index (χ0) is 21.8. The molecule has 0 N–H and O–H groups in total. The van der Waals surface area contributed by atoms with Gasteiger partial charge in [-0.1, -0.05) is 121 Å². The summed E-state index contributed by atoms with van der Waals surface area (Å²) in [5, 5.41) is 0.177. The van der Waals surface area contributed by atoms with Crippen LogP contribution in [0.15, 0.2) is 121 Å². The Morgan fingerprint density at radius 3 is 1.44 bits per heavy atom. The van der Waals surface area contributed by atoms with Gasteiger partial charge in [0, 0.05) is 18.0 Å². The molecule has 0 saturated carbocycles. The highest BCUT2D eigenvalue weighted by Crippen LogP contribution is 2.49. The molecule has 0 amide bonds. The second kappa shape index (κ2) is 9.32. The highest BCUT2D eigenvalue weighted by Gasteiger charge is 2.47. The average Bonchev–Trinajstić information content (AvgIpc) is 2.88. The van der Waals surface area contributed by atoms with Gasteiger partial charge in [0.15, 0.2) is 0 Å². The molecule has 0 radical (unpaired) electrons. The van der Waals surface area contributed by atoms with Crippen LogP contribution in [0.25, 0.3) is 0 Å². The summed E-state index contributed by atoms with van der Waals surface area (Å²) in [6, 6.07) is 43.9. The third-order valence-electron chi connectivity index (χ3n) is 6.73. The Morgan fingerprint density at radius 1 is 0.594 bits per heavy atom. The van der Waals surface area contributed by atoms with Crippen molar-refractivity contribution < 1.29 is 0 Å². The molecule has 0 aromatic heterocycles. The first-order valence-electron chi connectivity index (χ1n) is 11.4. The fourth-order valence-corrected chi connectivity index (χ4v) is 5.62. The molecule has 1 nitrogen and oxygen atoms in total. The van der Waals surface area contributed by atoms with Crippen LogP contribution >= 0.6 is 11.6 Å². The summed E-state index contributed by atoms with van der Waals surface area (Å²) in [6.45, 7) is 0.923. The molecule has 0 spiro atoms. The molecule has 2 heteroatoms. The standard InChI is InChI=1S/C30H28ClN/c31-28-21-22-32(29(23-28)24-13-5-1-6-14-24)30(25-15-7-2-8-16-25,26-17-9-3-10-18-26)27-19-11-4-12-20-27/h1-20,28-29H,21-23H2. The SMILES string of the molecule is ClC1CCN(C(c2ccccc2)(c2ccccc2)c2ccccc2)C(c2ccccc2)C1. The summed E-state index contributed by atoms with van der Waals surface area (Å²) >= 11 is 6.79. The highest BCUT2D eigenvalue weighted by molar-refractivity contribution is 6.20. The monoisotopic (exact) mass is 437 g/mol. The lowest BCUT2D eigenvalue weighted by Gasteiger charge is -2.52. The minimum Gasteiger partial charge on any atom is -0.279 e. The van der Waals surface area contributed by atoms with Crippen LogP contribution in [-0.4, -0.2) is 16.8 Å². The van der Waals surface area contributed by atoms with Crippen LogP contribution in [0.2, 0.25) is 0 Å². The largest absolute Gasteiger partial charge is 0.279 e. The molecular weight excluding hydrogens is 410 g/mol. The summed E-state index contributed by atoms with van der Waals surface area (Å²) in [6.07, 6.45) is 1.90. The quantitative estimate of drug-likeness (QED) is 0.232. The molecule has 4 aromatic rings. The minimum absolute atomic E-state index is 0.177. The molecule has 0 aliphatic carbocycles. The predicted octanol–water partition coefficient (Wildman–Crippen LogP) is 7.42. The van der Waals surface area contributed by atoms with Crippen LogP contribution in [0, 0.1) is 0 Å². The van der Waals surface area contributed by atoms with E-state index in [0.717, 1.165) is 19.4 Å². The normalized spacial score (nSPS) is 19.5. The van der Waals surface area contributed by atoms with Crippen LogP contribution in [0.3, 0.4) is 0 Å². The van der Waals surface area contributed by atoms with E-state index in [1.165, 1.54) is 22.3 Å². The molecule has 5 rings (SSSR count). The van der Waals surface area contributed by atoms with Crippen LogP contribution in [-0.2, 0) is 5.54 Å². The van der Waals surface area contributed by atoms with E-state index in [0.29, 0.717) is 0 Å². The highest BCUT2D eigenvalue weighted by atomic mass is 35.5. The van der Waals surface area contributed by atoms with Gasteiger partial charge in [0.25, 0.3) is 0 Å². The maximum atomic E-state index is 6.79. The molecule has 1 saturated heterocycles. The fourth-order valence-electron chi connectivity index (χ4n) is 5.35. The molecule has 1 heterocycles. The maximum absolute atomic E-state index is 6.79. The van der Waals surface area contributed by atoms with E-state index < -0.39 is 5.54 Å². The van der Waals surface area contributed by atoms with Crippen LogP contribution < -0.4 is 0 Å². The number of hydrogen-bond donors (Lipinski definition) is 0. The Bertz CT molecular complexity index is 1020. The lowest BCUT2D eigenvalue weighted by Crippen LogP contribution is -2.53. The van der Waals surface area contributed by atoms with E-state index in [4.69, 9.17) is 11.6 Å². The third kappa shape index (κ3) is 3.77. The lowest BCUT2D eigenvalue weighted by molar-refractivity contribution is 0.0657. The number of benzene rings is 4. The zero-order valence-electron chi connectivity index (χ0n) is 18.1. The van der Waals surface area contributed by atoms with Gasteiger partial charge in [0.05, 0.1) is 5.54 Å². The Morgan fingerprint density at radius 2 is 1.00 bits per heavy atom. The molecule has 1 aliphatic rings. The van der Waals surface area contributed by atoms with Gasteiger partial charge in [0.2, 0.25) is 0 Å². The van der Waals surface area contributed by atoms with Gasteiger partial charge >= 0.3 is 0 Å². The van der Waals surface area contributed by atoms with Crippen molar-refractivity contribution in [2.75, 3.05) is 6.54 Å². The van der Waals surface area contributed by atoms with E-state index in [2.05, 4.69) is 126 Å². The van der Waals surface area contributed by atoms with Crippen molar-refractivity contribution in [1.29, 1.82) is 0 Å². The van der Waals surface area contributed by atoms with Gasteiger partial charge in [-0.25, -0.2) is 0 Å². The van der Waals surface area contributed by atoms with E-state index in [9.17, 15) is 0 Å². The molecular formula is C30H28ClN. The summed E-state index contributed by atoms with van der Waals surface area (Å²) in [4.78, 5) is 2.70. The average molecular weight is 438 g/mol. The van der Waals surface area contributed by atoms with E-state index in [-0.39, 0.29) is 11.4 Å². The predicted molar refractivity (Wildman–Crippen MR) is 134 cm³/mol. The van der Waals surface area contributed by atoms with Gasteiger partial charge in [-0.3, -0.25) is 4.90 Å². The smallest absolute Gasteiger partial charge is 0.0978 e. The van der Waals surface area contributed by atoms with Crippen molar-refractivity contribution >= 4 is 11.6 Å². The van der Waals surface area contributed by atoms with Gasteiger partial charge in [-0.15, -0.1) is 11.6 Å². The molecule has 4 aromatic carbocycles. The van der Waals surface area contributed by atoms with Crippen LogP contribution in [0.5, 0.6) is 0 Å². The van der Waals surface area contributed by atoms with E-state index in [1.54, 1.807) is 0 Å². The van der Waals surface area contributed by atoms with Gasteiger partial charge in [0.1, 0.15) is 0 Å². The fraction of sp³-hybridized carbons (Fsp3) is 0.200. The number of alkyl halides is 1. The van der Waals surface area contributed by atoms with Gasteiger partial charge < -0.3 is 0 Å². The molecule has 1 aliphatic heterocycles. The van der Waals surface area contributed by atoms with Crippen LogP contribution in [0.1, 0.15) is 41.1 Å². The Hall–Kier alpha value is -2.87. The molecule has 1 fully saturated rings. The zero-order valence-corrected chi connectivity index (χ0v) is 18.9. The first kappa shape index (κ1) is 21.0. The van der Waals surface area contributed by atoms with Gasteiger partial charge in [-0.05, 0) is 35.1 Å². The van der Waals surface area contributed by atoms with Crippen molar-refractivity contribution in [3.63, 3.8) is 0 Å². The number of nitrogens with zero attached hydrogens (tertiary/aromatic N) is 1. The first-order chi connectivity index (χ1) is 15.8. The summed E-state index contributed by atoms with van der Waals surface area (Å²) < 4.78 is 0. The number of rotatable bonds is 5. The summed E-state index contributed by atoms with van der Waals surface area (Å²) in [5.74, 6) is 0. The van der Waals surface area contributed by atoms with Gasteiger partial charge in [-0.2, -0.15) is 0 Å². The van der Waals surface area contributed by atoms with Crippen molar-refractivity contribution in [3.8, 4) is 0 Å². The molecule has 2 unspecified atom stereocenters. The topological polar surface area (TPSA) is 3.24 Å². The van der Waals surface area contributed by atoms with Crippen molar-refractivity contribution in [3.05, 3.63) is 144 Å². The molecule has 0 bridgehead atoms. The van der Waals surface area contributed by atoms with Crippen molar-refractivity contribution in [1.82, 2.24) is 4.90 Å². The second-order valence-electron chi connectivity index (χ2n) is 8.55. The van der Waals surface area contributed by atoms with E-state index in [1.807, 2.05) is 0 Å². The summed E-state index contributed by atoms with van der Waals surface area (Å²) in [5.41, 5.74) is 4.76. The number of halogens is 1. The minimum atomic E-state index is -0.415. The lowest BCUT2D eigenvalue weighted by atomic mass is 9.73. The first-order valence-corrected chi connectivity index (χ1v) is 11.9. The van der Waals surface area contributed by atoms with Crippen molar-refractivity contribution in [2.45, 2.75) is 29.8 Å². The Labute approximate surface area is 196 Å². The number of hydrogen-bond acceptors (Lipinski definition) is 1. The molecule has 32 heavy (non-hydrogen) atoms. The van der Waals surface area contributed by atoms with Crippen LogP contribution in [0.4, 0.5) is 0 Å². The summed E-state index contributed by atoms with van der Waals surface area (Å²) in [7, 11) is 0. The number of piperidine rings is 1. The maximum Gasteiger partial charge on any atom is 0.0978 e. The Balaban J connectivity index is 1.81. The third-order valence-corrected chi connectivity index (χ3v) is 7.12.